The van der Waals surface area contributed by atoms with E-state index in [1.165, 1.54) is 31.1 Å². The number of carbonyl (C=O) groups excluding carboxylic acids is 3. The average molecular weight is 656 g/mol. The fourth-order valence-corrected chi connectivity index (χ4v) is 5.05. The van der Waals surface area contributed by atoms with Crippen LogP contribution in [0.15, 0.2) is 84.0 Å². The summed E-state index contributed by atoms with van der Waals surface area (Å²) in [5.74, 6) is -0.628. The fraction of sp³-hybridized carbons (Fsp3) is 0.188. The van der Waals surface area contributed by atoms with Gasteiger partial charge < -0.3 is 20.7 Å². The molecular weight excluding hydrogens is 626 g/mol. The summed E-state index contributed by atoms with van der Waals surface area (Å²) in [7, 11) is 1.29. The number of aromatic amines is 1. The van der Waals surface area contributed by atoms with E-state index in [0.717, 1.165) is 5.56 Å². The van der Waals surface area contributed by atoms with E-state index in [0.29, 0.717) is 51.6 Å². The van der Waals surface area contributed by atoms with Gasteiger partial charge in [-0.05, 0) is 76.9 Å². The first-order valence-electron chi connectivity index (χ1n) is 14.4. The van der Waals surface area contributed by atoms with E-state index in [1.807, 2.05) is 18.2 Å². The number of halogens is 1. The lowest BCUT2D eigenvalue weighted by atomic mass is 9.96. The first-order valence-corrected chi connectivity index (χ1v) is 14.8. The van der Waals surface area contributed by atoms with E-state index in [2.05, 4.69) is 46.4 Å². The van der Waals surface area contributed by atoms with Gasteiger partial charge in [-0.2, -0.15) is 9.78 Å². The number of H-pyrrole nitrogens is 1. The third kappa shape index (κ3) is 8.64. The number of rotatable bonds is 10. The maximum Gasteiger partial charge on any atom is 0.407 e. The number of amides is 3. The van der Waals surface area contributed by atoms with E-state index >= 15 is 0 Å². The maximum absolute atomic E-state index is 13.4. The Bertz CT molecular complexity index is 1920. The topological polar surface area (TPSA) is 186 Å². The van der Waals surface area contributed by atoms with E-state index in [9.17, 15) is 19.2 Å². The largest absolute Gasteiger partial charge is 0.453 e. The van der Waals surface area contributed by atoms with Gasteiger partial charge in [0.1, 0.15) is 6.33 Å². The number of carbonyl (C=O) groups is 3. The van der Waals surface area contributed by atoms with E-state index in [1.54, 1.807) is 54.6 Å². The summed E-state index contributed by atoms with van der Waals surface area (Å²) in [4.78, 5) is 49.3. The van der Waals surface area contributed by atoms with Crippen LogP contribution in [0.1, 0.15) is 41.8 Å². The molecule has 0 spiro atoms. The average Bonchev–Trinajstić information content (AvgIpc) is 3.60. The van der Waals surface area contributed by atoms with Crippen molar-refractivity contribution >= 4 is 46.8 Å². The predicted octanol–water partition coefficient (Wildman–Crippen LogP) is 3.54. The van der Waals surface area contributed by atoms with Crippen LogP contribution in [0.3, 0.4) is 0 Å². The monoisotopic (exact) mass is 655 g/mol. The molecule has 47 heavy (non-hydrogen) atoms. The minimum Gasteiger partial charge on any atom is -0.453 e. The normalized spacial score (nSPS) is 14.7. The number of tetrazole rings is 1. The molecule has 0 bridgehead atoms. The quantitative estimate of drug-likeness (QED) is 0.185. The molecule has 0 saturated carbocycles. The Morgan fingerprint density at radius 2 is 1.98 bits per heavy atom. The zero-order valence-electron chi connectivity index (χ0n) is 25.3. The number of ether oxygens (including phenoxy) is 1. The van der Waals surface area contributed by atoms with Gasteiger partial charge in [0.25, 0.3) is 5.56 Å². The molecule has 0 aliphatic heterocycles. The number of nitrogens with zero attached hydrogens (tertiary/aromatic N) is 5. The third-order valence-electron chi connectivity index (χ3n) is 7.11. The Morgan fingerprint density at radius 3 is 2.66 bits per heavy atom. The van der Waals surface area contributed by atoms with E-state index in [4.69, 9.17) is 11.6 Å². The molecule has 15 heteroatoms. The summed E-state index contributed by atoms with van der Waals surface area (Å²) in [6.45, 7) is 1.42. The molecule has 3 amide bonds. The van der Waals surface area contributed by atoms with Gasteiger partial charge in [-0.25, -0.2) is 9.89 Å². The number of allylic oxidation sites excluding steroid dienone is 2. The van der Waals surface area contributed by atoms with Crippen molar-refractivity contribution in [2.24, 2.45) is 0 Å². The number of nitrogens with one attached hydrogen (secondary N) is 4. The first kappa shape index (κ1) is 32.5. The lowest BCUT2D eigenvalue weighted by Crippen LogP contribution is -2.33. The van der Waals surface area contributed by atoms with Crippen molar-refractivity contribution in [2.75, 3.05) is 12.4 Å². The van der Waals surface area contributed by atoms with Crippen LogP contribution in [-0.4, -0.2) is 61.5 Å². The molecule has 1 aliphatic rings. The van der Waals surface area contributed by atoms with Crippen molar-refractivity contribution in [3.8, 4) is 5.69 Å². The van der Waals surface area contributed by atoms with Crippen LogP contribution in [0.2, 0.25) is 5.02 Å². The maximum atomic E-state index is 13.4. The van der Waals surface area contributed by atoms with Gasteiger partial charge in [0.2, 0.25) is 11.8 Å². The number of anilines is 1. The molecule has 0 radical (unpaired) electrons. The van der Waals surface area contributed by atoms with Gasteiger partial charge in [0.15, 0.2) is 0 Å². The third-order valence-corrected chi connectivity index (χ3v) is 7.35. The second-order valence-electron chi connectivity index (χ2n) is 10.5. The highest BCUT2D eigenvalue weighted by molar-refractivity contribution is 6.30. The zero-order valence-corrected chi connectivity index (χ0v) is 26.1. The van der Waals surface area contributed by atoms with Crippen molar-refractivity contribution in [2.45, 2.75) is 31.8 Å². The van der Waals surface area contributed by atoms with Crippen LogP contribution in [0.4, 0.5) is 10.5 Å². The molecule has 4 N–H and O–H groups in total. The summed E-state index contributed by atoms with van der Waals surface area (Å²) in [5, 5.41) is 27.0. The summed E-state index contributed by atoms with van der Waals surface area (Å²) in [6, 6.07) is 13.0. The molecule has 1 unspecified atom stereocenters. The Labute approximate surface area is 273 Å². The summed E-state index contributed by atoms with van der Waals surface area (Å²) in [6.07, 6.45) is 9.93. The molecule has 1 aliphatic carbocycles. The van der Waals surface area contributed by atoms with Crippen molar-refractivity contribution in [3.63, 3.8) is 0 Å². The van der Waals surface area contributed by atoms with E-state index < -0.39 is 23.6 Å². The number of aromatic nitrogens is 6. The highest BCUT2D eigenvalue weighted by Gasteiger charge is 2.20. The number of methoxy groups -OCH3 is 1. The summed E-state index contributed by atoms with van der Waals surface area (Å²) in [5.41, 5.74) is 3.67. The smallest absolute Gasteiger partial charge is 0.407 e. The highest BCUT2D eigenvalue weighted by Crippen LogP contribution is 2.24. The molecule has 4 aromatic rings. The van der Waals surface area contributed by atoms with Gasteiger partial charge >= 0.3 is 6.09 Å². The number of alkyl carbamates (subject to hydrolysis) is 1. The zero-order chi connectivity index (χ0) is 33.3. The Kier molecular flexibility index (Phi) is 10.3. The molecular formula is C32H30ClN9O5. The fourth-order valence-electron chi connectivity index (χ4n) is 4.87. The minimum atomic E-state index is -0.672. The second kappa shape index (κ2) is 14.9. The van der Waals surface area contributed by atoms with Crippen LogP contribution >= 0.6 is 11.6 Å². The summed E-state index contributed by atoms with van der Waals surface area (Å²) >= 11 is 6.23. The highest BCUT2D eigenvalue weighted by atomic mass is 35.5. The second-order valence-corrected chi connectivity index (χ2v) is 10.9. The molecule has 0 fully saturated rings. The molecule has 0 saturated heterocycles. The number of hydrogen-bond donors (Lipinski definition) is 4. The van der Waals surface area contributed by atoms with E-state index in [-0.39, 0.29) is 11.9 Å². The molecule has 2 heterocycles. The van der Waals surface area contributed by atoms with Crippen LogP contribution in [0.5, 0.6) is 0 Å². The first-order chi connectivity index (χ1) is 22.7. The SMILES string of the molecule is COC(=O)NC1C=CC(c2cc([C@H](Cc3ccc(NC(C)=O)cc3)NC(=O)/C=C/c3cc(Cl)ccc3-n3cnnn3)n[nH]c2=O)=CC1. The van der Waals surface area contributed by atoms with Crippen molar-refractivity contribution in [1.29, 1.82) is 0 Å². The van der Waals surface area contributed by atoms with Gasteiger partial charge in [-0.3, -0.25) is 14.4 Å². The van der Waals surface area contributed by atoms with Gasteiger partial charge in [0.05, 0.1) is 36.1 Å². The number of hydrogen-bond acceptors (Lipinski definition) is 9. The van der Waals surface area contributed by atoms with Crippen LogP contribution < -0.4 is 21.5 Å². The van der Waals surface area contributed by atoms with Gasteiger partial charge in [-0.15, -0.1) is 5.10 Å². The molecule has 2 aromatic heterocycles. The van der Waals surface area contributed by atoms with Gasteiger partial charge in [-0.1, -0.05) is 42.0 Å². The van der Waals surface area contributed by atoms with Crippen LogP contribution in [0.25, 0.3) is 17.3 Å². The molecule has 240 valence electrons. The Hall–Kier alpha value is -5.89. The Balaban J connectivity index is 1.42. The molecule has 2 aromatic carbocycles. The van der Waals surface area contributed by atoms with Crippen molar-refractivity contribution in [3.05, 3.63) is 117 Å². The Morgan fingerprint density at radius 1 is 1.17 bits per heavy atom. The van der Waals surface area contributed by atoms with Gasteiger partial charge in [0, 0.05) is 29.3 Å². The molecule has 5 rings (SSSR count). The molecule has 14 nitrogen and oxygen atoms in total. The van der Waals surface area contributed by atoms with Crippen molar-refractivity contribution < 1.29 is 19.1 Å². The summed E-state index contributed by atoms with van der Waals surface area (Å²) < 4.78 is 6.11. The standard InChI is InChI=1S/C32H30ClN9O5/c1-19(43)35-24-9-3-20(4-10-24)15-27(37-30(44)14-7-22-16-23(33)8-13-29(22)42-18-34-40-41-42)28-17-26(31(45)39-38-28)21-5-11-25(12-6-21)36-32(46)47-2/h3-11,13-14,16-18,25,27H,12,15H2,1-2H3,(H,35,43)(H,36,46)(H,37,44)(H,39,45)/b14-7+/t25?,27-/m0/s1. The van der Waals surface area contributed by atoms with Crippen molar-refractivity contribution in [1.82, 2.24) is 41.0 Å². The predicted molar refractivity (Wildman–Crippen MR) is 174 cm³/mol. The number of benzene rings is 2. The molecule has 2 atom stereocenters. The minimum absolute atomic E-state index is 0.193. The van der Waals surface area contributed by atoms with Crippen LogP contribution in [0, 0.1) is 0 Å². The lowest BCUT2D eigenvalue weighted by molar-refractivity contribution is -0.117. The van der Waals surface area contributed by atoms with Crippen LogP contribution in [-0.2, 0) is 20.7 Å². The lowest BCUT2D eigenvalue weighted by Gasteiger charge is -2.20.